The molecule has 0 unspecified atom stereocenters. The summed E-state index contributed by atoms with van der Waals surface area (Å²) in [5, 5.41) is 11.6. The average molecular weight is 331 g/mol. The van der Waals surface area contributed by atoms with Crippen LogP contribution in [-0.4, -0.2) is 14.9 Å². The van der Waals surface area contributed by atoms with Gasteiger partial charge in [-0.1, -0.05) is 24.3 Å². The smallest absolute Gasteiger partial charge is 0.314 e. The number of ether oxygens (including phenoxy) is 1. The molecule has 3 aromatic rings. The molecule has 0 radical (unpaired) electrons. The molecule has 0 atom stereocenters. The minimum atomic E-state index is -2.88. The van der Waals surface area contributed by atoms with E-state index in [4.69, 9.17) is 4.74 Å². The number of rotatable bonds is 4. The van der Waals surface area contributed by atoms with Crippen molar-refractivity contribution in [2.24, 2.45) is 0 Å². The second-order valence-electron chi connectivity index (χ2n) is 4.99. The van der Waals surface area contributed by atoms with Crippen molar-refractivity contribution in [3.05, 3.63) is 64.0 Å². The molecule has 1 heterocycles. The Morgan fingerprint density at radius 2 is 1.88 bits per heavy atom. The number of halogens is 2. The van der Waals surface area contributed by atoms with Crippen molar-refractivity contribution in [1.29, 1.82) is 0 Å². The molecule has 0 saturated heterocycles. The SMILES string of the molecule is Cc1cccc(Oc2nc(C(F)F)nc3ccccc23)c1[N+](=O)[O-]. The number of nitro benzene ring substituents is 1. The van der Waals surface area contributed by atoms with Crippen LogP contribution < -0.4 is 4.74 Å². The molecule has 0 amide bonds. The van der Waals surface area contributed by atoms with E-state index in [2.05, 4.69) is 9.97 Å². The average Bonchev–Trinajstić information content (AvgIpc) is 2.54. The van der Waals surface area contributed by atoms with Crippen molar-refractivity contribution in [1.82, 2.24) is 9.97 Å². The molecule has 6 nitrogen and oxygen atoms in total. The van der Waals surface area contributed by atoms with Gasteiger partial charge in [-0.3, -0.25) is 10.1 Å². The third kappa shape index (κ3) is 2.85. The number of nitrogens with zero attached hydrogens (tertiary/aromatic N) is 3. The first-order chi connectivity index (χ1) is 11.5. The molecule has 0 N–H and O–H groups in total. The molecular formula is C16H11F2N3O3. The van der Waals surface area contributed by atoms with Crippen LogP contribution in [0, 0.1) is 17.0 Å². The lowest BCUT2D eigenvalue weighted by molar-refractivity contribution is -0.386. The number of fused-ring (bicyclic) bond motifs is 1. The summed E-state index contributed by atoms with van der Waals surface area (Å²) in [4.78, 5) is 18.2. The minimum absolute atomic E-state index is 0.0657. The fourth-order valence-corrected chi connectivity index (χ4v) is 2.29. The standard InChI is InChI=1S/C16H11F2N3O3/c1-9-5-4-8-12(13(9)21(22)23)24-16-10-6-2-3-7-11(10)19-15(20-16)14(17)18/h2-8,14H,1H3. The Morgan fingerprint density at radius 3 is 2.58 bits per heavy atom. The Balaban J connectivity index is 2.17. The molecule has 122 valence electrons. The van der Waals surface area contributed by atoms with Gasteiger partial charge < -0.3 is 4.74 Å². The number of nitro groups is 1. The number of aromatic nitrogens is 2. The quantitative estimate of drug-likeness (QED) is 0.516. The maximum atomic E-state index is 13.0. The molecule has 3 rings (SSSR count). The highest BCUT2D eigenvalue weighted by Gasteiger charge is 2.22. The summed E-state index contributed by atoms with van der Waals surface area (Å²) in [6.07, 6.45) is -2.88. The number of hydrogen-bond acceptors (Lipinski definition) is 5. The maximum absolute atomic E-state index is 13.0. The summed E-state index contributed by atoms with van der Waals surface area (Å²) in [7, 11) is 0. The van der Waals surface area contributed by atoms with Gasteiger partial charge in [0.15, 0.2) is 5.82 Å². The van der Waals surface area contributed by atoms with Gasteiger partial charge >= 0.3 is 5.69 Å². The molecule has 24 heavy (non-hydrogen) atoms. The van der Waals surface area contributed by atoms with Gasteiger partial charge in [-0.25, -0.2) is 13.8 Å². The third-order valence-electron chi connectivity index (χ3n) is 3.37. The summed E-state index contributed by atoms with van der Waals surface area (Å²) < 4.78 is 31.5. The molecule has 0 bridgehead atoms. The van der Waals surface area contributed by atoms with Crippen LogP contribution in [0.3, 0.4) is 0 Å². The first-order valence-corrected chi connectivity index (χ1v) is 6.94. The van der Waals surface area contributed by atoms with Crippen molar-refractivity contribution in [2.75, 3.05) is 0 Å². The molecule has 2 aromatic carbocycles. The Kier molecular flexibility index (Phi) is 4.03. The summed E-state index contributed by atoms with van der Waals surface area (Å²) in [5.41, 5.74) is 0.428. The normalized spacial score (nSPS) is 11.0. The predicted octanol–water partition coefficient (Wildman–Crippen LogP) is 4.58. The topological polar surface area (TPSA) is 78.2 Å². The van der Waals surface area contributed by atoms with Gasteiger partial charge in [-0.2, -0.15) is 4.98 Å². The van der Waals surface area contributed by atoms with E-state index in [1.165, 1.54) is 6.07 Å². The molecule has 8 heteroatoms. The molecule has 0 aliphatic rings. The lowest BCUT2D eigenvalue weighted by Crippen LogP contribution is -2.01. The second kappa shape index (κ2) is 6.15. The third-order valence-corrected chi connectivity index (χ3v) is 3.37. The minimum Gasteiger partial charge on any atom is -0.431 e. The number of benzene rings is 2. The highest BCUT2D eigenvalue weighted by Crippen LogP contribution is 2.36. The fraction of sp³-hybridized carbons (Fsp3) is 0.125. The van der Waals surface area contributed by atoms with Crippen molar-refractivity contribution in [3.8, 4) is 11.6 Å². The molecule has 0 spiro atoms. The van der Waals surface area contributed by atoms with Gasteiger partial charge in [-0.15, -0.1) is 0 Å². The fourth-order valence-electron chi connectivity index (χ4n) is 2.29. The van der Waals surface area contributed by atoms with Gasteiger partial charge in [0.1, 0.15) is 0 Å². The van der Waals surface area contributed by atoms with Crippen LogP contribution in [0.15, 0.2) is 42.5 Å². The first kappa shape index (κ1) is 15.7. The molecular weight excluding hydrogens is 320 g/mol. The molecule has 0 saturated carbocycles. The summed E-state index contributed by atoms with van der Waals surface area (Å²) in [5.74, 6) is -0.910. The van der Waals surface area contributed by atoms with Crippen LogP contribution >= 0.6 is 0 Å². The first-order valence-electron chi connectivity index (χ1n) is 6.94. The van der Waals surface area contributed by atoms with Crippen molar-refractivity contribution < 1.29 is 18.4 Å². The van der Waals surface area contributed by atoms with E-state index < -0.39 is 17.2 Å². The van der Waals surface area contributed by atoms with Crippen molar-refractivity contribution in [2.45, 2.75) is 13.3 Å². The van der Waals surface area contributed by atoms with E-state index in [0.717, 1.165) is 0 Å². The largest absolute Gasteiger partial charge is 0.431 e. The zero-order valence-electron chi connectivity index (χ0n) is 12.4. The number of aryl methyl sites for hydroxylation is 1. The maximum Gasteiger partial charge on any atom is 0.314 e. The second-order valence-corrected chi connectivity index (χ2v) is 4.99. The zero-order chi connectivity index (χ0) is 17.3. The monoisotopic (exact) mass is 331 g/mol. The van der Waals surface area contributed by atoms with Gasteiger partial charge in [0.2, 0.25) is 11.6 Å². The summed E-state index contributed by atoms with van der Waals surface area (Å²) in [6.45, 7) is 1.56. The van der Waals surface area contributed by atoms with E-state index in [-0.39, 0.29) is 22.8 Å². The summed E-state index contributed by atoms with van der Waals surface area (Å²) >= 11 is 0. The lowest BCUT2D eigenvalue weighted by atomic mass is 10.2. The van der Waals surface area contributed by atoms with Crippen molar-refractivity contribution >= 4 is 16.6 Å². The highest BCUT2D eigenvalue weighted by molar-refractivity contribution is 5.83. The van der Waals surface area contributed by atoms with Crippen LogP contribution in [0.5, 0.6) is 11.6 Å². The van der Waals surface area contributed by atoms with E-state index in [9.17, 15) is 18.9 Å². The number of alkyl halides is 2. The van der Waals surface area contributed by atoms with Gasteiger partial charge in [0, 0.05) is 5.56 Å². The molecule has 1 aromatic heterocycles. The van der Waals surface area contributed by atoms with Gasteiger partial charge in [-0.05, 0) is 25.1 Å². The molecule has 0 aliphatic heterocycles. The number of para-hydroxylation sites is 2. The van der Waals surface area contributed by atoms with E-state index in [1.54, 1.807) is 43.3 Å². The van der Waals surface area contributed by atoms with Crippen LogP contribution in [0.2, 0.25) is 0 Å². The van der Waals surface area contributed by atoms with E-state index in [0.29, 0.717) is 10.9 Å². The molecule has 0 fully saturated rings. The van der Waals surface area contributed by atoms with E-state index >= 15 is 0 Å². The Hall–Kier alpha value is -3.16. The van der Waals surface area contributed by atoms with Crippen LogP contribution in [0.25, 0.3) is 10.9 Å². The van der Waals surface area contributed by atoms with Gasteiger partial charge in [0.05, 0.1) is 15.8 Å². The number of hydrogen-bond donors (Lipinski definition) is 0. The van der Waals surface area contributed by atoms with Crippen LogP contribution in [0.1, 0.15) is 17.8 Å². The van der Waals surface area contributed by atoms with Gasteiger partial charge in [0.25, 0.3) is 6.43 Å². The van der Waals surface area contributed by atoms with Crippen LogP contribution in [-0.2, 0) is 0 Å². The Morgan fingerprint density at radius 1 is 1.12 bits per heavy atom. The lowest BCUT2D eigenvalue weighted by Gasteiger charge is -2.10. The van der Waals surface area contributed by atoms with Crippen molar-refractivity contribution in [3.63, 3.8) is 0 Å². The Bertz CT molecular complexity index is 932. The summed E-state index contributed by atoms with van der Waals surface area (Å²) in [6, 6.07) is 11.0. The van der Waals surface area contributed by atoms with E-state index in [1.807, 2.05) is 0 Å². The van der Waals surface area contributed by atoms with Crippen LogP contribution in [0.4, 0.5) is 14.5 Å². The highest BCUT2D eigenvalue weighted by atomic mass is 19.3. The Labute approximate surface area is 134 Å². The predicted molar refractivity (Wildman–Crippen MR) is 82.4 cm³/mol. The zero-order valence-corrected chi connectivity index (χ0v) is 12.4. The molecule has 0 aliphatic carbocycles.